The number of nitrogens with one attached hydrogen (secondary N) is 1. The van der Waals surface area contributed by atoms with Gasteiger partial charge in [-0.3, -0.25) is 0 Å². The van der Waals surface area contributed by atoms with Crippen LogP contribution in [0, 0.1) is 0 Å². The number of benzene rings is 1. The quantitative estimate of drug-likeness (QED) is 0.773. The monoisotopic (exact) mass is 234 g/mol. The Morgan fingerprint density at radius 2 is 2.14 bits per heavy atom. The highest BCUT2D eigenvalue weighted by atomic mass is 35.5. The molecule has 6 heteroatoms. The summed E-state index contributed by atoms with van der Waals surface area (Å²) in [6.07, 6.45) is 0. The molecule has 78 valence electrons. The molecule has 0 saturated heterocycles. The maximum atomic E-state index is 11.6. The number of anilines is 1. The van der Waals surface area contributed by atoms with E-state index in [4.69, 9.17) is 17.3 Å². The van der Waals surface area contributed by atoms with Gasteiger partial charge >= 0.3 is 0 Å². The third-order valence-corrected chi connectivity index (χ3v) is 3.61. The third kappa shape index (κ3) is 2.37. The molecule has 0 radical (unpaired) electrons. The Kier molecular flexibility index (Phi) is 3.36. The van der Waals surface area contributed by atoms with Crippen molar-refractivity contribution in [1.29, 1.82) is 0 Å². The Morgan fingerprint density at radius 3 is 2.71 bits per heavy atom. The normalized spacial score (nSPS) is 11.6. The highest BCUT2D eigenvalue weighted by molar-refractivity contribution is 7.89. The van der Waals surface area contributed by atoms with Crippen molar-refractivity contribution < 1.29 is 8.42 Å². The van der Waals surface area contributed by atoms with Crippen molar-refractivity contribution in [1.82, 2.24) is 4.72 Å². The van der Waals surface area contributed by atoms with Gasteiger partial charge in [-0.2, -0.15) is 0 Å². The standard InChI is InChI=1S/C8H11ClN2O2S/c1-2-11-14(12,13)8-5-6(10)3-4-7(8)9/h3-5,11H,2,10H2,1H3. The Labute approximate surface area is 88.1 Å². The fourth-order valence-electron chi connectivity index (χ4n) is 0.994. The van der Waals surface area contributed by atoms with E-state index in [9.17, 15) is 8.42 Å². The first-order valence-corrected chi connectivity index (χ1v) is 5.88. The molecule has 0 fully saturated rings. The summed E-state index contributed by atoms with van der Waals surface area (Å²) in [4.78, 5) is 0.0148. The molecule has 0 atom stereocenters. The minimum Gasteiger partial charge on any atom is -0.399 e. The number of hydrogen-bond donors (Lipinski definition) is 2. The Bertz CT molecular complexity index is 431. The summed E-state index contributed by atoms with van der Waals surface area (Å²) < 4.78 is 25.4. The second-order valence-electron chi connectivity index (χ2n) is 2.69. The summed E-state index contributed by atoms with van der Waals surface area (Å²) >= 11 is 5.74. The van der Waals surface area contributed by atoms with E-state index in [1.807, 2.05) is 0 Å². The largest absolute Gasteiger partial charge is 0.399 e. The summed E-state index contributed by atoms with van der Waals surface area (Å²) in [6, 6.07) is 4.34. The van der Waals surface area contributed by atoms with Crippen LogP contribution in [0.25, 0.3) is 0 Å². The van der Waals surface area contributed by atoms with Gasteiger partial charge in [0.1, 0.15) is 4.90 Å². The maximum Gasteiger partial charge on any atom is 0.242 e. The molecule has 0 amide bonds. The van der Waals surface area contributed by atoms with Crippen LogP contribution in [-0.2, 0) is 10.0 Å². The van der Waals surface area contributed by atoms with Gasteiger partial charge in [0.05, 0.1) is 5.02 Å². The average molecular weight is 235 g/mol. The SMILES string of the molecule is CCNS(=O)(=O)c1cc(N)ccc1Cl. The van der Waals surface area contributed by atoms with Crippen LogP contribution in [-0.4, -0.2) is 15.0 Å². The van der Waals surface area contributed by atoms with Gasteiger partial charge in [0.15, 0.2) is 0 Å². The first-order chi connectivity index (χ1) is 6.47. The zero-order valence-corrected chi connectivity index (χ0v) is 9.19. The number of nitrogen functional groups attached to an aromatic ring is 1. The molecule has 0 bridgehead atoms. The predicted molar refractivity (Wildman–Crippen MR) is 56.7 cm³/mol. The van der Waals surface area contributed by atoms with Gasteiger partial charge < -0.3 is 5.73 Å². The predicted octanol–water partition coefficient (Wildman–Crippen LogP) is 1.22. The second-order valence-corrected chi connectivity index (χ2v) is 4.83. The first-order valence-electron chi connectivity index (χ1n) is 4.02. The summed E-state index contributed by atoms with van der Waals surface area (Å²) in [5, 5.41) is 0.167. The third-order valence-electron chi connectivity index (χ3n) is 1.58. The van der Waals surface area contributed by atoms with Crippen LogP contribution in [0.2, 0.25) is 5.02 Å². The number of halogens is 1. The number of hydrogen-bond acceptors (Lipinski definition) is 3. The molecule has 4 nitrogen and oxygen atoms in total. The van der Waals surface area contributed by atoms with Crippen LogP contribution in [0.1, 0.15) is 6.92 Å². The summed E-state index contributed by atoms with van der Waals surface area (Å²) in [7, 11) is -3.53. The molecule has 3 N–H and O–H groups in total. The van der Waals surface area contributed by atoms with Crippen LogP contribution in [0.3, 0.4) is 0 Å². The molecule has 0 aliphatic rings. The maximum absolute atomic E-state index is 11.6. The van der Waals surface area contributed by atoms with E-state index < -0.39 is 10.0 Å². The number of sulfonamides is 1. The Morgan fingerprint density at radius 1 is 1.50 bits per heavy atom. The van der Waals surface area contributed by atoms with Crippen molar-refractivity contribution in [3.05, 3.63) is 23.2 Å². The van der Waals surface area contributed by atoms with Crippen molar-refractivity contribution in [2.24, 2.45) is 0 Å². The lowest BCUT2D eigenvalue weighted by Crippen LogP contribution is -2.23. The summed E-state index contributed by atoms with van der Waals surface area (Å²) in [5.74, 6) is 0. The van der Waals surface area contributed by atoms with Crippen molar-refractivity contribution >= 4 is 27.3 Å². The fraction of sp³-hybridized carbons (Fsp3) is 0.250. The van der Waals surface area contributed by atoms with E-state index in [0.717, 1.165) is 0 Å². The van der Waals surface area contributed by atoms with Crippen LogP contribution in [0.15, 0.2) is 23.1 Å². The fourth-order valence-corrected chi connectivity index (χ4v) is 2.57. The molecule has 0 aromatic heterocycles. The van der Waals surface area contributed by atoms with Gasteiger partial charge in [-0.1, -0.05) is 18.5 Å². The molecule has 0 heterocycles. The van der Waals surface area contributed by atoms with E-state index in [1.54, 1.807) is 13.0 Å². The van der Waals surface area contributed by atoms with Crippen molar-refractivity contribution in [3.63, 3.8) is 0 Å². The topological polar surface area (TPSA) is 72.2 Å². The zero-order valence-electron chi connectivity index (χ0n) is 7.62. The molecule has 0 aliphatic carbocycles. The van der Waals surface area contributed by atoms with Crippen molar-refractivity contribution in [2.45, 2.75) is 11.8 Å². The van der Waals surface area contributed by atoms with E-state index in [2.05, 4.69) is 4.72 Å². The van der Waals surface area contributed by atoms with Gasteiger partial charge in [-0.05, 0) is 18.2 Å². The van der Waals surface area contributed by atoms with E-state index in [1.165, 1.54) is 12.1 Å². The minimum atomic E-state index is -3.53. The lowest BCUT2D eigenvalue weighted by Gasteiger charge is -2.06. The van der Waals surface area contributed by atoms with Crippen LogP contribution < -0.4 is 10.5 Å². The highest BCUT2D eigenvalue weighted by Gasteiger charge is 2.16. The molecule has 0 aliphatic heterocycles. The van der Waals surface area contributed by atoms with Crippen LogP contribution >= 0.6 is 11.6 Å². The number of nitrogens with two attached hydrogens (primary N) is 1. The molecular formula is C8H11ClN2O2S. The highest BCUT2D eigenvalue weighted by Crippen LogP contribution is 2.23. The number of rotatable bonds is 3. The molecule has 0 spiro atoms. The van der Waals surface area contributed by atoms with Crippen molar-refractivity contribution in [3.8, 4) is 0 Å². The van der Waals surface area contributed by atoms with E-state index >= 15 is 0 Å². The second kappa shape index (κ2) is 4.16. The lowest BCUT2D eigenvalue weighted by molar-refractivity contribution is 0.584. The lowest BCUT2D eigenvalue weighted by atomic mass is 10.3. The first kappa shape index (κ1) is 11.3. The molecule has 14 heavy (non-hydrogen) atoms. The average Bonchev–Trinajstić information content (AvgIpc) is 2.09. The smallest absolute Gasteiger partial charge is 0.242 e. The molecule has 1 aromatic rings. The molecular weight excluding hydrogens is 224 g/mol. The Balaban J connectivity index is 3.25. The van der Waals surface area contributed by atoms with Crippen molar-refractivity contribution in [2.75, 3.05) is 12.3 Å². The van der Waals surface area contributed by atoms with Crippen LogP contribution in [0.5, 0.6) is 0 Å². The molecule has 0 unspecified atom stereocenters. The minimum absolute atomic E-state index is 0.0148. The van der Waals surface area contributed by atoms with Gasteiger partial charge in [-0.25, -0.2) is 13.1 Å². The molecule has 0 saturated carbocycles. The molecule has 1 aromatic carbocycles. The Hall–Kier alpha value is -0.780. The zero-order chi connectivity index (χ0) is 10.8. The molecule has 1 rings (SSSR count). The van der Waals surface area contributed by atoms with Gasteiger partial charge in [0.2, 0.25) is 10.0 Å². The van der Waals surface area contributed by atoms with Gasteiger partial charge in [0.25, 0.3) is 0 Å². The summed E-state index contributed by atoms with van der Waals surface area (Å²) in [5.41, 5.74) is 5.84. The van der Waals surface area contributed by atoms with Gasteiger partial charge in [0, 0.05) is 12.2 Å². The van der Waals surface area contributed by atoms with E-state index in [-0.39, 0.29) is 9.92 Å². The van der Waals surface area contributed by atoms with Gasteiger partial charge in [-0.15, -0.1) is 0 Å². The van der Waals surface area contributed by atoms with Crippen LogP contribution in [0.4, 0.5) is 5.69 Å². The van der Waals surface area contributed by atoms with E-state index in [0.29, 0.717) is 12.2 Å². The summed E-state index contributed by atoms with van der Waals surface area (Å²) in [6.45, 7) is 2.01.